The summed E-state index contributed by atoms with van der Waals surface area (Å²) >= 11 is 0. The zero-order valence-electron chi connectivity index (χ0n) is 15.5. The van der Waals surface area contributed by atoms with Crippen LogP contribution in [0.2, 0.25) is 0 Å². The molecule has 1 aliphatic carbocycles. The third-order valence-electron chi connectivity index (χ3n) is 5.59. The number of nitrogens with one attached hydrogen (secondary N) is 1. The van der Waals surface area contributed by atoms with Crippen LogP contribution >= 0.6 is 0 Å². The highest BCUT2D eigenvalue weighted by Gasteiger charge is 2.69. The number of carbonyl (C=O) groups is 2. The minimum Gasteiger partial charge on any atom is -0.465 e. The van der Waals surface area contributed by atoms with Crippen molar-refractivity contribution in [1.82, 2.24) is 5.43 Å². The number of nitrogens with zero attached hydrogens (tertiary/aromatic N) is 1. The number of fused-ring (bicyclic) bond motifs is 5. The number of rotatable bonds is 3. The summed E-state index contributed by atoms with van der Waals surface area (Å²) in [4.78, 5) is 35.6. The van der Waals surface area contributed by atoms with Crippen molar-refractivity contribution in [1.29, 1.82) is 0 Å². The third-order valence-corrected chi connectivity index (χ3v) is 5.59. The summed E-state index contributed by atoms with van der Waals surface area (Å²) in [5.41, 5.74) is 2.77. The fourth-order valence-electron chi connectivity index (χ4n) is 4.26. The lowest BCUT2D eigenvalue weighted by atomic mass is 9.79. The first-order valence-corrected chi connectivity index (χ1v) is 8.76. The minimum atomic E-state index is -2.18. The van der Waals surface area contributed by atoms with Crippen LogP contribution in [0.1, 0.15) is 12.5 Å². The first-order valence-electron chi connectivity index (χ1n) is 8.76. The van der Waals surface area contributed by atoms with Crippen LogP contribution in [0.3, 0.4) is 0 Å². The minimum absolute atomic E-state index is 0.0234. The molecule has 0 radical (unpaired) electrons. The van der Waals surface area contributed by atoms with Crippen LogP contribution in [0.25, 0.3) is 5.57 Å². The second-order valence-electron chi connectivity index (χ2n) is 6.89. The first-order chi connectivity index (χ1) is 13.4. The molecule has 5 atom stereocenters. The normalized spacial score (nSPS) is 34.8. The highest BCUT2D eigenvalue weighted by Crippen LogP contribution is 2.53. The molecule has 0 aromatic heterocycles. The Balaban J connectivity index is 1.87. The van der Waals surface area contributed by atoms with Gasteiger partial charge < -0.3 is 14.6 Å². The zero-order chi connectivity index (χ0) is 20.1. The lowest BCUT2D eigenvalue weighted by molar-refractivity contribution is -0.348. The van der Waals surface area contributed by atoms with E-state index in [9.17, 15) is 14.7 Å². The van der Waals surface area contributed by atoms with Crippen LogP contribution in [0, 0.1) is 11.8 Å². The van der Waals surface area contributed by atoms with E-state index in [-0.39, 0.29) is 5.71 Å². The van der Waals surface area contributed by atoms with Crippen molar-refractivity contribution in [2.24, 2.45) is 16.9 Å². The van der Waals surface area contributed by atoms with Gasteiger partial charge in [-0.15, -0.1) is 0 Å². The van der Waals surface area contributed by atoms with Crippen molar-refractivity contribution in [3.05, 3.63) is 41.5 Å². The molecule has 1 unspecified atom stereocenters. The maximum atomic E-state index is 12.4. The number of hydrazone groups is 1. The monoisotopic (exact) mass is 388 g/mol. The molecular formula is C19H20N2O7. The Morgan fingerprint density at radius 1 is 1.14 bits per heavy atom. The smallest absolute Gasteiger partial charge is 0.361 e. The standard InChI is InChI=1S/C19H20N2O7/c1-9(10-7-5-4-6-8-10)11-15-12-13(16(11)28-27-15)19(24,18(23)26-3)21-20-14(12)17(22)25-2/h4-8,12-13,15-16,21,24H,1-3H3/t12-,13-,15-,16+,19?/m0/s1. The quantitative estimate of drug-likeness (QED) is 0.565. The van der Waals surface area contributed by atoms with E-state index in [1.807, 2.05) is 37.3 Å². The number of esters is 2. The first kappa shape index (κ1) is 18.6. The van der Waals surface area contributed by atoms with E-state index < -0.39 is 41.7 Å². The average Bonchev–Trinajstić information content (AvgIpc) is 3.30. The van der Waals surface area contributed by atoms with E-state index in [2.05, 4.69) is 10.5 Å². The van der Waals surface area contributed by atoms with Gasteiger partial charge in [0, 0.05) is 0 Å². The molecule has 28 heavy (non-hydrogen) atoms. The number of aliphatic hydroxyl groups is 1. The van der Waals surface area contributed by atoms with Crippen molar-refractivity contribution in [2.45, 2.75) is 24.9 Å². The zero-order valence-corrected chi connectivity index (χ0v) is 15.5. The maximum absolute atomic E-state index is 12.4. The molecule has 1 aromatic rings. The highest BCUT2D eigenvalue weighted by molar-refractivity contribution is 6.38. The van der Waals surface area contributed by atoms with Crippen LogP contribution in [-0.4, -0.2) is 54.9 Å². The second-order valence-corrected chi connectivity index (χ2v) is 6.89. The maximum Gasteiger partial charge on any atom is 0.361 e. The van der Waals surface area contributed by atoms with E-state index >= 15 is 0 Å². The van der Waals surface area contributed by atoms with E-state index in [1.54, 1.807) is 0 Å². The van der Waals surface area contributed by atoms with Crippen molar-refractivity contribution in [3.63, 3.8) is 0 Å². The SMILES string of the molecule is COC(=O)C1=NNC(O)(C(=O)OC)[C@H]2[C@@H]1[C@H]1OO[C@@H]2C1=C(C)c1ccccc1. The van der Waals surface area contributed by atoms with Gasteiger partial charge in [-0.3, -0.25) is 5.43 Å². The molecule has 1 aromatic carbocycles. The molecule has 4 rings (SSSR count). The van der Waals surface area contributed by atoms with Gasteiger partial charge in [0.2, 0.25) is 0 Å². The molecule has 2 fully saturated rings. The predicted molar refractivity (Wildman–Crippen MR) is 95.3 cm³/mol. The summed E-state index contributed by atoms with van der Waals surface area (Å²) < 4.78 is 9.58. The number of allylic oxidation sites excluding steroid dienone is 1. The number of ether oxygens (including phenoxy) is 2. The summed E-state index contributed by atoms with van der Waals surface area (Å²) in [6.07, 6.45) is -1.48. The van der Waals surface area contributed by atoms with Gasteiger partial charge in [0.15, 0.2) is 5.71 Å². The Bertz CT molecular complexity index is 882. The molecule has 1 saturated carbocycles. The molecule has 0 amide bonds. The number of carbonyl (C=O) groups excluding carboxylic acids is 2. The molecule has 2 heterocycles. The summed E-state index contributed by atoms with van der Waals surface area (Å²) in [5, 5.41) is 15.0. The molecule has 1 saturated heterocycles. The lowest BCUT2D eigenvalue weighted by Gasteiger charge is -2.41. The highest BCUT2D eigenvalue weighted by atomic mass is 17.2. The molecule has 3 aliphatic rings. The Kier molecular flexibility index (Phi) is 4.45. The number of benzene rings is 1. The third kappa shape index (κ3) is 2.47. The Morgan fingerprint density at radius 2 is 1.82 bits per heavy atom. The van der Waals surface area contributed by atoms with Crippen LogP contribution in [0.4, 0.5) is 0 Å². The molecule has 2 N–H and O–H groups in total. The van der Waals surface area contributed by atoms with Gasteiger partial charge in [0.1, 0.15) is 12.2 Å². The number of hydrogen-bond donors (Lipinski definition) is 2. The fraction of sp³-hybridized carbons (Fsp3) is 0.421. The van der Waals surface area contributed by atoms with Gasteiger partial charge in [-0.2, -0.15) is 5.10 Å². The summed E-state index contributed by atoms with van der Waals surface area (Å²) in [7, 11) is 2.39. The molecule has 2 aliphatic heterocycles. The Labute approximate surface area is 160 Å². The summed E-state index contributed by atoms with van der Waals surface area (Å²) in [5.74, 6) is -3.24. The molecule has 148 valence electrons. The topological polar surface area (TPSA) is 116 Å². The van der Waals surface area contributed by atoms with Crippen LogP contribution < -0.4 is 5.43 Å². The van der Waals surface area contributed by atoms with Gasteiger partial charge in [-0.05, 0) is 23.6 Å². The van der Waals surface area contributed by atoms with Crippen molar-refractivity contribution >= 4 is 23.2 Å². The van der Waals surface area contributed by atoms with Gasteiger partial charge in [-0.25, -0.2) is 19.4 Å². The Hall–Kier alpha value is -2.75. The molecule has 0 spiro atoms. The van der Waals surface area contributed by atoms with Gasteiger partial charge in [-0.1, -0.05) is 30.3 Å². The largest absolute Gasteiger partial charge is 0.465 e. The molecule has 2 bridgehead atoms. The molecule has 9 nitrogen and oxygen atoms in total. The number of hydrogen-bond acceptors (Lipinski definition) is 9. The van der Waals surface area contributed by atoms with Gasteiger partial charge >= 0.3 is 11.9 Å². The lowest BCUT2D eigenvalue weighted by Crippen LogP contribution is -2.66. The van der Waals surface area contributed by atoms with E-state index in [4.69, 9.17) is 19.2 Å². The van der Waals surface area contributed by atoms with Crippen molar-refractivity contribution < 1.29 is 33.9 Å². The van der Waals surface area contributed by atoms with Gasteiger partial charge in [0.25, 0.3) is 5.72 Å². The van der Waals surface area contributed by atoms with Crippen LogP contribution in [-0.2, 0) is 28.8 Å². The van der Waals surface area contributed by atoms with E-state index in [0.717, 1.165) is 23.8 Å². The van der Waals surface area contributed by atoms with Crippen molar-refractivity contribution in [3.8, 4) is 0 Å². The van der Waals surface area contributed by atoms with E-state index in [0.29, 0.717) is 0 Å². The Morgan fingerprint density at radius 3 is 2.46 bits per heavy atom. The van der Waals surface area contributed by atoms with E-state index in [1.165, 1.54) is 7.11 Å². The summed E-state index contributed by atoms with van der Waals surface area (Å²) in [6.45, 7) is 1.90. The predicted octanol–water partition coefficient (Wildman–Crippen LogP) is 0.399. The van der Waals surface area contributed by atoms with Crippen LogP contribution in [0.5, 0.6) is 0 Å². The molecular weight excluding hydrogens is 368 g/mol. The molecule has 9 heteroatoms. The van der Waals surface area contributed by atoms with Crippen LogP contribution in [0.15, 0.2) is 41.0 Å². The van der Waals surface area contributed by atoms with Crippen molar-refractivity contribution in [2.75, 3.05) is 14.2 Å². The average molecular weight is 388 g/mol. The van der Waals surface area contributed by atoms with Gasteiger partial charge in [0.05, 0.1) is 26.1 Å². The summed E-state index contributed by atoms with van der Waals surface area (Å²) in [6, 6.07) is 9.57. The second kappa shape index (κ2) is 6.69. The number of methoxy groups -OCH3 is 2. The fourth-order valence-corrected chi connectivity index (χ4v) is 4.26.